The number of carboxylic acids is 1. The van der Waals surface area contributed by atoms with E-state index in [0.717, 1.165) is 12.8 Å². The molecule has 0 aliphatic rings. The van der Waals surface area contributed by atoms with Crippen LogP contribution >= 0.6 is 0 Å². The Hall–Kier alpha value is -0.660. The third-order valence-corrected chi connectivity index (χ3v) is 4.00. The van der Waals surface area contributed by atoms with Crippen LogP contribution in [-0.2, 0) is 15.0 Å². The van der Waals surface area contributed by atoms with Crippen LogP contribution < -0.4 is 4.72 Å². The smallest absolute Gasteiger partial charge is 0.303 e. The second kappa shape index (κ2) is 9.29. The number of hydrogen-bond acceptors (Lipinski definition) is 3. The molecule has 7 heteroatoms. The molecule has 0 rings (SSSR count). The molecule has 6 nitrogen and oxygen atoms in total. The molecule has 18 heavy (non-hydrogen) atoms. The number of rotatable bonds is 11. The Balaban J connectivity index is 4.06. The van der Waals surface area contributed by atoms with E-state index in [1.165, 1.54) is 4.31 Å². The van der Waals surface area contributed by atoms with E-state index in [2.05, 4.69) is 4.72 Å². The van der Waals surface area contributed by atoms with Crippen molar-refractivity contribution in [3.05, 3.63) is 0 Å². The largest absolute Gasteiger partial charge is 0.481 e. The first-order chi connectivity index (χ1) is 8.44. The van der Waals surface area contributed by atoms with E-state index in [9.17, 15) is 13.2 Å². The minimum atomic E-state index is -3.41. The molecule has 0 radical (unpaired) electrons. The third-order valence-electron chi connectivity index (χ3n) is 2.39. The Morgan fingerprint density at radius 2 is 1.72 bits per heavy atom. The molecule has 2 N–H and O–H groups in total. The van der Waals surface area contributed by atoms with Crippen molar-refractivity contribution >= 4 is 16.2 Å². The predicted octanol–water partition coefficient (Wildman–Crippen LogP) is 1.20. The lowest BCUT2D eigenvalue weighted by Crippen LogP contribution is -2.41. The SMILES string of the molecule is CCCN(CCC)S(=O)(=O)NCCCCC(=O)O. The molecule has 0 aliphatic carbocycles. The van der Waals surface area contributed by atoms with E-state index in [1.54, 1.807) is 0 Å². The van der Waals surface area contributed by atoms with Crippen molar-refractivity contribution < 1.29 is 18.3 Å². The lowest BCUT2D eigenvalue weighted by Gasteiger charge is -2.21. The summed E-state index contributed by atoms with van der Waals surface area (Å²) in [5.74, 6) is -0.851. The molecule has 0 saturated heterocycles. The van der Waals surface area contributed by atoms with Crippen molar-refractivity contribution in [2.75, 3.05) is 19.6 Å². The zero-order chi connectivity index (χ0) is 14.0. The molecule has 0 unspecified atom stereocenters. The van der Waals surface area contributed by atoms with Gasteiger partial charge in [0.25, 0.3) is 10.2 Å². The number of nitrogens with one attached hydrogen (secondary N) is 1. The van der Waals surface area contributed by atoms with Crippen LogP contribution in [0.3, 0.4) is 0 Å². The number of nitrogens with zero attached hydrogens (tertiary/aromatic N) is 1. The van der Waals surface area contributed by atoms with Crippen molar-refractivity contribution in [1.82, 2.24) is 9.03 Å². The molecule has 0 fully saturated rings. The number of aliphatic carboxylic acids is 1. The molecule has 108 valence electrons. The van der Waals surface area contributed by atoms with Gasteiger partial charge in [-0.25, -0.2) is 4.72 Å². The first-order valence-electron chi connectivity index (χ1n) is 6.40. The summed E-state index contributed by atoms with van der Waals surface area (Å²) in [6.45, 7) is 5.19. The standard InChI is InChI=1S/C11H24N2O4S/c1-3-9-13(10-4-2)18(16,17)12-8-6-5-7-11(14)15/h12H,3-10H2,1-2H3,(H,14,15). The lowest BCUT2D eigenvalue weighted by molar-refractivity contribution is -0.137. The molecular weight excluding hydrogens is 256 g/mol. The Morgan fingerprint density at radius 3 is 2.17 bits per heavy atom. The van der Waals surface area contributed by atoms with E-state index in [1.807, 2.05) is 13.8 Å². The van der Waals surface area contributed by atoms with Crippen LogP contribution in [0.4, 0.5) is 0 Å². The van der Waals surface area contributed by atoms with Gasteiger partial charge in [0.05, 0.1) is 0 Å². The topological polar surface area (TPSA) is 86.7 Å². The molecule has 0 aliphatic heterocycles. The first-order valence-corrected chi connectivity index (χ1v) is 7.84. The van der Waals surface area contributed by atoms with Gasteiger partial charge in [0.1, 0.15) is 0 Å². The Bertz CT molecular complexity index is 324. The van der Waals surface area contributed by atoms with Crippen LogP contribution in [0.1, 0.15) is 46.0 Å². The second-order valence-corrected chi connectivity index (χ2v) is 5.90. The number of hydrogen-bond donors (Lipinski definition) is 2. The van der Waals surface area contributed by atoms with Crippen LogP contribution in [0.5, 0.6) is 0 Å². The van der Waals surface area contributed by atoms with Gasteiger partial charge in [-0.15, -0.1) is 0 Å². The molecule has 0 amide bonds. The Labute approximate surface area is 110 Å². The van der Waals surface area contributed by atoms with E-state index in [0.29, 0.717) is 32.5 Å². The third kappa shape index (κ3) is 7.62. The van der Waals surface area contributed by atoms with Gasteiger partial charge in [-0.2, -0.15) is 12.7 Å². The summed E-state index contributed by atoms with van der Waals surface area (Å²) in [7, 11) is -3.41. The predicted molar refractivity (Wildman–Crippen MR) is 70.6 cm³/mol. The summed E-state index contributed by atoms with van der Waals surface area (Å²) in [6.07, 6.45) is 2.66. The van der Waals surface area contributed by atoms with E-state index in [4.69, 9.17) is 5.11 Å². The fraction of sp³-hybridized carbons (Fsp3) is 0.909. The van der Waals surface area contributed by atoms with Gasteiger partial charge >= 0.3 is 5.97 Å². The summed E-state index contributed by atoms with van der Waals surface area (Å²) in [5.41, 5.74) is 0. The summed E-state index contributed by atoms with van der Waals surface area (Å²) in [6, 6.07) is 0. The van der Waals surface area contributed by atoms with Crippen LogP contribution in [0.15, 0.2) is 0 Å². The zero-order valence-corrected chi connectivity index (χ0v) is 12.0. The molecule has 0 saturated carbocycles. The molecule has 0 spiro atoms. The van der Waals surface area contributed by atoms with Crippen molar-refractivity contribution in [1.29, 1.82) is 0 Å². The van der Waals surface area contributed by atoms with E-state index < -0.39 is 16.2 Å². The highest BCUT2D eigenvalue weighted by Crippen LogP contribution is 2.02. The van der Waals surface area contributed by atoms with Crippen LogP contribution in [0.2, 0.25) is 0 Å². The minimum Gasteiger partial charge on any atom is -0.481 e. The molecule has 0 bridgehead atoms. The zero-order valence-electron chi connectivity index (χ0n) is 11.2. The molecule has 0 aromatic heterocycles. The van der Waals surface area contributed by atoms with Crippen molar-refractivity contribution in [3.63, 3.8) is 0 Å². The highest BCUT2D eigenvalue weighted by atomic mass is 32.2. The molecular formula is C11H24N2O4S. The van der Waals surface area contributed by atoms with Gasteiger partial charge in [0.15, 0.2) is 0 Å². The maximum absolute atomic E-state index is 11.9. The highest BCUT2D eigenvalue weighted by Gasteiger charge is 2.19. The van der Waals surface area contributed by atoms with Crippen LogP contribution in [-0.4, -0.2) is 43.4 Å². The number of carboxylic acid groups (broad SMARTS) is 1. The maximum atomic E-state index is 11.9. The van der Waals surface area contributed by atoms with Gasteiger partial charge in [-0.3, -0.25) is 4.79 Å². The monoisotopic (exact) mass is 280 g/mol. The molecule has 0 atom stereocenters. The Kier molecular flexibility index (Phi) is 8.95. The molecule has 0 aromatic rings. The number of carbonyl (C=O) groups is 1. The van der Waals surface area contributed by atoms with Crippen molar-refractivity contribution in [3.8, 4) is 0 Å². The van der Waals surface area contributed by atoms with Gasteiger partial charge in [-0.05, 0) is 25.7 Å². The average Bonchev–Trinajstić information content (AvgIpc) is 2.27. The lowest BCUT2D eigenvalue weighted by atomic mass is 10.2. The molecule has 0 aromatic carbocycles. The Morgan fingerprint density at radius 1 is 1.17 bits per heavy atom. The quantitative estimate of drug-likeness (QED) is 0.557. The maximum Gasteiger partial charge on any atom is 0.303 e. The summed E-state index contributed by atoms with van der Waals surface area (Å²) < 4.78 is 27.8. The second-order valence-electron chi connectivity index (χ2n) is 4.15. The van der Waals surface area contributed by atoms with E-state index in [-0.39, 0.29) is 6.42 Å². The normalized spacial score (nSPS) is 11.9. The molecule has 0 heterocycles. The van der Waals surface area contributed by atoms with Gasteiger partial charge in [0, 0.05) is 26.1 Å². The fourth-order valence-electron chi connectivity index (χ4n) is 1.54. The number of unbranched alkanes of at least 4 members (excludes halogenated alkanes) is 1. The first kappa shape index (κ1) is 17.3. The van der Waals surface area contributed by atoms with Crippen molar-refractivity contribution in [2.24, 2.45) is 0 Å². The van der Waals surface area contributed by atoms with Gasteiger partial charge < -0.3 is 5.11 Å². The van der Waals surface area contributed by atoms with Gasteiger partial charge in [0.2, 0.25) is 0 Å². The minimum absolute atomic E-state index is 0.0787. The summed E-state index contributed by atoms with van der Waals surface area (Å²) >= 11 is 0. The van der Waals surface area contributed by atoms with Crippen LogP contribution in [0.25, 0.3) is 0 Å². The summed E-state index contributed by atoms with van der Waals surface area (Å²) in [5, 5.41) is 8.45. The van der Waals surface area contributed by atoms with Crippen molar-refractivity contribution in [2.45, 2.75) is 46.0 Å². The van der Waals surface area contributed by atoms with Gasteiger partial charge in [-0.1, -0.05) is 13.8 Å². The summed E-state index contributed by atoms with van der Waals surface area (Å²) in [4.78, 5) is 10.3. The fourth-order valence-corrected chi connectivity index (χ4v) is 2.98. The van der Waals surface area contributed by atoms with Crippen LogP contribution in [0, 0.1) is 0 Å². The highest BCUT2D eigenvalue weighted by molar-refractivity contribution is 7.87. The van der Waals surface area contributed by atoms with E-state index >= 15 is 0 Å². The average molecular weight is 280 g/mol.